The molecule has 28 heavy (non-hydrogen) atoms. The van der Waals surface area contributed by atoms with Gasteiger partial charge in [-0.1, -0.05) is 11.3 Å². The standard InChI is InChI=1S/C19H19N7O2/c1-13-8-18(24(2)22-13)25-7-6-17(19(25)27)26-11-15(21-23-26)12-28-16-5-3-4-14(9-16)10-20/h3-5,8-9,11,17H,6-7,12H2,1-2H3. The van der Waals surface area contributed by atoms with Crippen LogP contribution in [0.3, 0.4) is 0 Å². The Kier molecular flexibility index (Phi) is 4.53. The van der Waals surface area contributed by atoms with Crippen molar-refractivity contribution in [2.24, 2.45) is 7.05 Å². The lowest BCUT2D eigenvalue weighted by atomic mass is 10.2. The Morgan fingerprint density at radius 1 is 1.36 bits per heavy atom. The van der Waals surface area contributed by atoms with E-state index in [9.17, 15) is 4.79 Å². The minimum atomic E-state index is -0.390. The number of rotatable bonds is 5. The van der Waals surface area contributed by atoms with Crippen LogP contribution >= 0.6 is 0 Å². The first kappa shape index (κ1) is 17.7. The molecule has 142 valence electrons. The van der Waals surface area contributed by atoms with Gasteiger partial charge in [0.2, 0.25) is 0 Å². The van der Waals surface area contributed by atoms with Crippen molar-refractivity contribution in [3.05, 3.63) is 53.5 Å². The molecule has 1 atom stereocenters. The first-order valence-corrected chi connectivity index (χ1v) is 8.91. The fourth-order valence-corrected chi connectivity index (χ4v) is 3.33. The highest BCUT2D eigenvalue weighted by atomic mass is 16.5. The summed E-state index contributed by atoms with van der Waals surface area (Å²) in [4.78, 5) is 14.6. The van der Waals surface area contributed by atoms with Crippen molar-refractivity contribution in [1.82, 2.24) is 24.8 Å². The second-order valence-corrected chi connectivity index (χ2v) is 6.68. The molecule has 0 radical (unpaired) electrons. The van der Waals surface area contributed by atoms with Crippen molar-refractivity contribution < 1.29 is 9.53 Å². The van der Waals surface area contributed by atoms with Gasteiger partial charge in [0.15, 0.2) is 0 Å². The van der Waals surface area contributed by atoms with Gasteiger partial charge in [-0.25, -0.2) is 4.68 Å². The van der Waals surface area contributed by atoms with Gasteiger partial charge in [-0.15, -0.1) is 5.10 Å². The summed E-state index contributed by atoms with van der Waals surface area (Å²) >= 11 is 0. The number of aryl methyl sites for hydroxylation is 2. The van der Waals surface area contributed by atoms with Gasteiger partial charge in [-0.3, -0.25) is 14.4 Å². The van der Waals surface area contributed by atoms with Gasteiger partial charge in [0, 0.05) is 19.7 Å². The number of nitrogens with zero attached hydrogens (tertiary/aromatic N) is 7. The topological polar surface area (TPSA) is 102 Å². The molecule has 9 heteroatoms. The number of anilines is 1. The van der Waals surface area contributed by atoms with Crippen molar-refractivity contribution in [1.29, 1.82) is 5.26 Å². The van der Waals surface area contributed by atoms with Gasteiger partial charge < -0.3 is 4.74 Å². The van der Waals surface area contributed by atoms with Gasteiger partial charge >= 0.3 is 0 Å². The van der Waals surface area contributed by atoms with Gasteiger partial charge in [-0.2, -0.15) is 10.4 Å². The van der Waals surface area contributed by atoms with E-state index >= 15 is 0 Å². The molecule has 0 bridgehead atoms. The molecule has 3 heterocycles. The van der Waals surface area contributed by atoms with Crippen LogP contribution in [-0.4, -0.2) is 37.2 Å². The number of ether oxygens (including phenoxy) is 1. The lowest BCUT2D eigenvalue weighted by Crippen LogP contribution is -2.30. The highest BCUT2D eigenvalue weighted by Gasteiger charge is 2.36. The summed E-state index contributed by atoms with van der Waals surface area (Å²) in [6.45, 7) is 2.72. The van der Waals surface area contributed by atoms with E-state index in [1.807, 2.05) is 20.0 Å². The molecule has 2 aromatic heterocycles. The van der Waals surface area contributed by atoms with Gasteiger partial charge in [0.1, 0.15) is 29.9 Å². The Morgan fingerprint density at radius 3 is 2.96 bits per heavy atom. The highest BCUT2D eigenvalue weighted by molar-refractivity contribution is 5.97. The second-order valence-electron chi connectivity index (χ2n) is 6.68. The first-order valence-electron chi connectivity index (χ1n) is 8.91. The summed E-state index contributed by atoms with van der Waals surface area (Å²) in [5, 5.41) is 21.5. The fraction of sp³-hybridized carbons (Fsp3) is 0.316. The Hall–Kier alpha value is -3.67. The van der Waals surface area contributed by atoms with E-state index in [-0.39, 0.29) is 12.5 Å². The van der Waals surface area contributed by atoms with E-state index in [0.29, 0.717) is 30.0 Å². The molecule has 1 aromatic carbocycles. The van der Waals surface area contributed by atoms with Crippen LogP contribution in [0.5, 0.6) is 5.75 Å². The molecule has 1 amide bonds. The summed E-state index contributed by atoms with van der Waals surface area (Å²) in [5.41, 5.74) is 2.02. The van der Waals surface area contributed by atoms with Crippen molar-refractivity contribution in [2.45, 2.75) is 26.0 Å². The molecule has 1 aliphatic heterocycles. The summed E-state index contributed by atoms with van der Waals surface area (Å²) in [5.74, 6) is 1.34. The SMILES string of the molecule is Cc1cc(N2CCC(n3cc(COc4cccc(C#N)c4)nn3)C2=O)n(C)n1. The Balaban J connectivity index is 1.43. The quantitative estimate of drug-likeness (QED) is 0.671. The van der Waals surface area contributed by atoms with Crippen LogP contribution < -0.4 is 9.64 Å². The third-order valence-corrected chi connectivity index (χ3v) is 4.66. The van der Waals surface area contributed by atoms with E-state index in [2.05, 4.69) is 21.5 Å². The van der Waals surface area contributed by atoms with Crippen molar-refractivity contribution >= 4 is 11.7 Å². The van der Waals surface area contributed by atoms with E-state index in [4.69, 9.17) is 10.00 Å². The number of aromatic nitrogens is 5. The Morgan fingerprint density at radius 2 is 2.21 bits per heavy atom. The molecule has 1 saturated heterocycles. The number of hydrogen-bond acceptors (Lipinski definition) is 6. The van der Waals surface area contributed by atoms with Crippen molar-refractivity contribution in [3.8, 4) is 11.8 Å². The summed E-state index contributed by atoms with van der Waals surface area (Å²) in [6.07, 6.45) is 2.38. The normalized spacial score (nSPS) is 16.4. The van der Waals surface area contributed by atoms with Crippen LogP contribution in [-0.2, 0) is 18.4 Å². The van der Waals surface area contributed by atoms with Crippen molar-refractivity contribution in [3.63, 3.8) is 0 Å². The van der Waals surface area contributed by atoms with Crippen LogP contribution in [0.15, 0.2) is 36.5 Å². The number of carbonyl (C=O) groups is 1. The lowest BCUT2D eigenvalue weighted by Gasteiger charge is -2.16. The number of amides is 1. The predicted octanol–water partition coefficient (Wildman–Crippen LogP) is 1.75. The second kappa shape index (κ2) is 7.15. The molecule has 4 rings (SSSR count). The average molecular weight is 377 g/mol. The highest BCUT2D eigenvalue weighted by Crippen LogP contribution is 2.28. The third kappa shape index (κ3) is 3.32. The molecule has 0 aliphatic carbocycles. The zero-order valence-corrected chi connectivity index (χ0v) is 15.6. The molecule has 1 aliphatic rings. The molecule has 9 nitrogen and oxygen atoms in total. The Bertz CT molecular complexity index is 1060. The zero-order valence-electron chi connectivity index (χ0n) is 15.6. The summed E-state index contributed by atoms with van der Waals surface area (Å²) in [6, 6.07) is 10.5. The predicted molar refractivity (Wildman–Crippen MR) is 99.5 cm³/mol. The molecule has 0 N–H and O–H groups in total. The summed E-state index contributed by atoms with van der Waals surface area (Å²) < 4.78 is 8.98. The van der Waals surface area contributed by atoms with Gasteiger partial charge in [0.25, 0.3) is 5.91 Å². The van der Waals surface area contributed by atoms with Crippen LogP contribution in [0.2, 0.25) is 0 Å². The van der Waals surface area contributed by atoms with E-state index in [1.165, 1.54) is 0 Å². The zero-order chi connectivity index (χ0) is 19.7. The average Bonchev–Trinajstić information content (AvgIpc) is 3.39. The van der Waals surface area contributed by atoms with Gasteiger partial charge in [0.05, 0.1) is 23.5 Å². The minimum absolute atomic E-state index is 0.0258. The molecular formula is C19H19N7O2. The number of benzene rings is 1. The largest absolute Gasteiger partial charge is 0.487 e. The fourth-order valence-electron chi connectivity index (χ4n) is 3.33. The summed E-state index contributed by atoms with van der Waals surface area (Å²) in [7, 11) is 1.83. The maximum absolute atomic E-state index is 12.9. The molecule has 1 fully saturated rings. The van der Waals surface area contributed by atoms with E-state index < -0.39 is 6.04 Å². The van der Waals surface area contributed by atoms with E-state index in [1.54, 1.807) is 44.7 Å². The maximum Gasteiger partial charge on any atom is 0.253 e. The molecule has 3 aromatic rings. The maximum atomic E-state index is 12.9. The van der Waals surface area contributed by atoms with Gasteiger partial charge in [-0.05, 0) is 31.5 Å². The molecule has 1 unspecified atom stereocenters. The third-order valence-electron chi connectivity index (χ3n) is 4.66. The molecule has 0 saturated carbocycles. The number of nitriles is 1. The molecular weight excluding hydrogens is 358 g/mol. The van der Waals surface area contributed by atoms with Crippen LogP contribution in [0.1, 0.15) is 29.4 Å². The molecule has 0 spiro atoms. The first-order chi connectivity index (χ1) is 13.5. The lowest BCUT2D eigenvalue weighted by molar-refractivity contribution is -0.120. The van der Waals surface area contributed by atoms with E-state index in [0.717, 1.165) is 11.5 Å². The van der Waals surface area contributed by atoms with Crippen molar-refractivity contribution in [2.75, 3.05) is 11.4 Å². The number of carbonyl (C=O) groups excluding carboxylic acids is 1. The van der Waals surface area contributed by atoms with Crippen LogP contribution in [0.4, 0.5) is 5.82 Å². The smallest absolute Gasteiger partial charge is 0.253 e. The Labute approximate surface area is 161 Å². The monoisotopic (exact) mass is 377 g/mol. The minimum Gasteiger partial charge on any atom is -0.487 e. The number of hydrogen-bond donors (Lipinski definition) is 0. The van der Waals surface area contributed by atoms with Crippen LogP contribution in [0, 0.1) is 18.3 Å². The van der Waals surface area contributed by atoms with Crippen LogP contribution in [0.25, 0.3) is 0 Å².